The molecule has 1 saturated heterocycles. The molecule has 2 atom stereocenters. The number of ether oxygens (including phenoxy) is 3. The van der Waals surface area contributed by atoms with E-state index in [1.807, 2.05) is 0 Å². The molecule has 0 aromatic carbocycles. The van der Waals surface area contributed by atoms with E-state index >= 15 is 0 Å². The summed E-state index contributed by atoms with van der Waals surface area (Å²) < 4.78 is 15.8. The van der Waals surface area contributed by atoms with Crippen LogP contribution in [0.25, 0.3) is 0 Å². The highest BCUT2D eigenvalue weighted by molar-refractivity contribution is 8.00. The molecule has 0 bridgehead atoms. The number of amides is 6. The Labute approximate surface area is 229 Å². The van der Waals surface area contributed by atoms with Crippen LogP contribution < -0.4 is 27.4 Å². The fourth-order valence-electron chi connectivity index (χ4n) is 3.05. The molecule has 1 fully saturated rings. The van der Waals surface area contributed by atoms with Crippen molar-refractivity contribution in [2.24, 2.45) is 11.5 Å². The van der Waals surface area contributed by atoms with E-state index in [0.717, 1.165) is 4.90 Å². The van der Waals surface area contributed by atoms with Crippen molar-refractivity contribution < 1.29 is 47.8 Å². The van der Waals surface area contributed by atoms with Gasteiger partial charge in [-0.2, -0.15) is 0 Å². The van der Waals surface area contributed by atoms with Crippen molar-refractivity contribution in [3.05, 3.63) is 0 Å². The second kappa shape index (κ2) is 19.9. The summed E-state index contributed by atoms with van der Waals surface area (Å²) in [6.45, 7) is 0.123. The van der Waals surface area contributed by atoms with Gasteiger partial charge in [-0.15, -0.1) is 11.8 Å². The third-order valence-electron chi connectivity index (χ3n) is 4.96. The summed E-state index contributed by atoms with van der Waals surface area (Å²) in [6, 6.07) is -0.971. The summed E-state index contributed by atoms with van der Waals surface area (Å²) in [6.07, 6.45) is 0.593. The topological polar surface area (TPSA) is 239 Å². The molecule has 0 aromatic heterocycles. The zero-order chi connectivity index (χ0) is 29.0. The number of thioether (sulfide) groups is 1. The van der Waals surface area contributed by atoms with Crippen molar-refractivity contribution in [2.75, 3.05) is 71.6 Å². The van der Waals surface area contributed by atoms with Crippen LogP contribution in [0.3, 0.4) is 0 Å². The predicted molar refractivity (Wildman–Crippen MR) is 137 cm³/mol. The lowest BCUT2D eigenvalue weighted by Gasteiger charge is -2.15. The lowest BCUT2D eigenvalue weighted by molar-refractivity contribution is -0.142. The van der Waals surface area contributed by atoms with Gasteiger partial charge in [-0.3, -0.25) is 33.7 Å². The first-order valence-corrected chi connectivity index (χ1v) is 13.2. The molecular formula is C22H36N6O10S. The van der Waals surface area contributed by atoms with Crippen LogP contribution in [0.2, 0.25) is 0 Å². The van der Waals surface area contributed by atoms with E-state index in [4.69, 9.17) is 25.7 Å². The number of primary amides is 1. The molecule has 0 radical (unpaired) electrons. The lowest BCUT2D eigenvalue weighted by Crippen LogP contribution is -2.51. The Kier molecular flexibility index (Phi) is 17.3. The molecule has 2 unspecified atom stereocenters. The van der Waals surface area contributed by atoms with Gasteiger partial charge in [-0.05, 0) is 0 Å². The standard InChI is InChI=1S/C22H36N6O10S/c23-12-15(21(34)26-2-4-29)27-19(32)14-38-9-8-37-7-6-36-5-3-25-18(31)13-28-20(33)11-16(22(28)35)39-10-1-17(24)30/h4,15-16H,1-3,5-14,23H2,(H2,24,30)(H,25,31)(H,26,34)(H,27,32). The first kappa shape index (κ1) is 33.9. The van der Waals surface area contributed by atoms with Gasteiger partial charge in [-0.1, -0.05) is 0 Å². The van der Waals surface area contributed by atoms with Crippen molar-refractivity contribution in [3.8, 4) is 0 Å². The maximum atomic E-state index is 12.3. The minimum atomic E-state index is -0.971. The zero-order valence-corrected chi connectivity index (χ0v) is 22.3. The van der Waals surface area contributed by atoms with Crippen LogP contribution in [0, 0.1) is 0 Å². The van der Waals surface area contributed by atoms with Gasteiger partial charge in [0, 0.05) is 31.7 Å². The van der Waals surface area contributed by atoms with Crippen LogP contribution in [0.1, 0.15) is 12.8 Å². The molecule has 6 amide bonds. The first-order valence-electron chi connectivity index (χ1n) is 12.1. The lowest BCUT2D eigenvalue weighted by atomic mass is 10.2. The Morgan fingerprint density at radius 2 is 1.69 bits per heavy atom. The molecule has 1 heterocycles. The summed E-state index contributed by atoms with van der Waals surface area (Å²) in [5.74, 6) is -2.68. The average molecular weight is 577 g/mol. The number of carbonyl (C=O) groups is 7. The summed E-state index contributed by atoms with van der Waals surface area (Å²) in [4.78, 5) is 81.9. The van der Waals surface area contributed by atoms with E-state index in [2.05, 4.69) is 16.0 Å². The molecule has 0 aliphatic carbocycles. The first-order chi connectivity index (χ1) is 18.7. The largest absolute Gasteiger partial charge is 0.377 e. The molecule has 1 rings (SSSR count). The monoisotopic (exact) mass is 576 g/mol. The summed E-state index contributed by atoms with van der Waals surface area (Å²) in [5, 5.41) is 6.63. The Bertz CT molecular complexity index is 861. The van der Waals surface area contributed by atoms with Gasteiger partial charge in [-0.25, -0.2) is 0 Å². The van der Waals surface area contributed by atoms with Crippen LogP contribution >= 0.6 is 11.8 Å². The fourth-order valence-corrected chi connectivity index (χ4v) is 4.18. The van der Waals surface area contributed by atoms with Gasteiger partial charge < -0.3 is 46.4 Å². The van der Waals surface area contributed by atoms with Crippen molar-refractivity contribution in [1.29, 1.82) is 0 Å². The van der Waals surface area contributed by atoms with Gasteiger partial charge in [0.15, 0.2) is 0 Å². The molecule has 220 valence electrons. The van der Waals surface area contributed by atoms with E-state index in [-0.39, 0.29) is 78.7 Å². The molecule has 1 aliphatic rings. The number of likely N-dealkylation sites (tertiary alicyclic amines) is 1. The smallest absolute Gasteiger partial charge is 0.246 e. The summed E-state index contributed by atoms with van der Waals surface area (Å²) in [7, 11) is 0. The number of aldehydes is 1. The Hall–Kier alpha value is -3.12. The highest BCUT2D eigenvalue weighted by Gasteiger charge is 2.39. The van der Waals surface area contributed by atoms with Crippen molar-refractivity contribution in [2.45, 2.75) is 24.1 Å². The Morgan fingerprint density at radius 3 is 2.33 bits per heavy atom. The van der Waals surface area contributed by atoms with E-state index in [0.29, 0.717) is 12.0 Å². The maximum Gasteiger partial charge on any atom is 0.246 e. The third kappa shape index (κ3) is 14.6. The van der Waals surface area contributed by atoms with E-state index < -0.39 is 46.7 Å². The molecule has 1 aliphatic heterocycles. The van der Waals surface area contributed by atoms with Crippen molar-refractivity contribution >= 4 is 53.5 Å². The van der Waals surface area contributed by atoms with Crippen LogP contribution in [0.4, 0.5) is 0 Å². The van der Waals surface area contributed by atoms with Gasteiger partial charge in [0.25, 0.3) is 0 Å². The zero-order valence-electron chi connectivity index (χ0n) is 21.5. The molecule has 16 nitrogen and oxygen atoms in total. The quantitative estimate of drug-likeness (QED) is 0.0467. The molecule has 0 aromatic rings. The van der Waals surface area contributed by atoms with Crippen LogP contribution in [-0.4, -0.2) is 129 Å². The molecule has 17 heteroatoms. The Morgan fingerprint density at radius 1 is 1.03 bits per heavy atom. The minimum Gasteiger partial charge on any atom is -0.377 e. The summed E-state index contributed by atoms with van der Waals surface area (Å²) >= 11 is 1.17. The average Bonchev–Trinajstić information content (AvgIpc) is 3.16. The molecular weight excluding hydrogens is 540 g/mol. The number of imide groups is 1. The van der Waals surface area contributed by atoms with Gasteiger partial charge >= 0.3 is 0 Å². The predicted octanol–water partition coefficient (Wildman–Crippen LogP) is -4.35. The number of hydrogen-bond donors (Lipinski definition) is 5. The Balaban J connectivity index is 2.04. The molecule has 7 N–H and O–H groups in total. The molecule has 0 spiro atoms. The number of carbonyl (C=O) groups excluding carboxylic acids is 7. The number of nitrogens with one attached hydrogen (secondary N) is 3. The second-order valence-electron chi connectivity index (χ2n) is 7.99. The number of rotatable bonds is 22. The van der Waals surface area contributed by atoms with Gasteiger partial charge in [0.1, 0.15) is 25.5 Å². The molecule has 39 heavy (non-hydrogen) atoms. The van der Waals surface area contributed by atoms with Crippen LogP contribution in [0.5, 0.6) is 0 Å². The molecule has 0 saturated carbocycles. The van der Waals surface area contributed by atoms with E-state index in [9.17, 15) is 33.6 Å². The number of nitrogens with zero attached hydrogens (tertiary/aromatic N) is 1. The normalized spacial score (nSPS) is 15.6. The van der Waals surface area contributed by atoms with Gasteiger partial charge in [0.2, 0.25) is 35.4 Å². The third-order valence-corrected chi connectivity index (χ3v) is 6.18. The highest BCUT2D eigenvalue weighted by Crippen LogP contribution is 2.25. The van der Waals surface area contributed by atoms with E-state index in [1.54, 1.807) is 0 Å². The number of nitrogens with two attached hydrogens (primary N) is 2. The maximum absolute atomic E-state index is 12.3. The van der Waals surface area contributed by atoms with Crippen LogP contribution in [0.15, 0.2) is 0 Å². The highest BCUT2D eigenvalue weighted by atomic mass is 32.2. The van der Waals surface area contributed by atoms with Crippen molar-refractivity contribution in [3.63, 3.8) is 0 Å². The minimum absolute atomic E-state index is 0.0201. The fraction of sp³-hybridized carbons (Fsp3) is 0.682. The number of hydrogen-bond acceptors (Lipinski definition) is 12. The summed E-state index contributed by atoms with van der Waals surface area (Å²) in [5.41, 5.74) is 10.5. The van der Waals surface area contributed by atoms with Gasteiger partial charge in [0.05, 0.1) is 44.8 Å². The van der Waals surface area contributed by atoms with E-state index in [1.165, 1.54) is 11.8 Å². The van der Waals surface area contributed by atoms with Crippen LogP contribution in [-0.2, 0) is 47.8 Å². The SMILES string of the molecule is NCC(NC(=O)COCCOCCOCCNC(=O)CN1C(=O)CC(SCCC(N)=O)C1=O)C(=O)NCC=O. The van der Waals surface area contributed by atoms with Crippen molar-refractivity contribution in [1.82, 2.24) is 20.9 Å². The second-order valence-corrected chi connectivity index (χ2v) is 9.30.